The van der Waals surface area contributed by atoms with Gasteiger partial charge < -0.3 is 9.64 Å². The number of pyridine rings is 1. The lowest BCUT2D eigenvalue weighted by molar-refractivity contribution is 0.0599. The summed E-state index contributed by atoms with van der Waals surface area (Å²) >= 11 is 1.68. The van der Waals surface area contributed by atoms with Gasteiger partial charge in [0.1, 0.15) is 0 Å². The van der Waals surface area contributed by atoms with Crippen molar-refractivity contribution in [1.29, 1.82) is 0 Å². The average Bonchev–Trinajstić information content (AvgIpc) is 3.24. The molecule has 27 heavy (non-hydrogen) atoms. The number of hydrogen-bond acceptors (Lipinski definition) is 5. The molecule has 3 rings (SSSR count). The van der Waals surface area contributed by atoms with Crippen molar-refractivity contribution in [2.24, 2.45) is 0 Å². The Morgan fingerprint density at radius 1 is 1.07 bits per heavy atom. The summed E-state index contributed by atoms with van der Waals surface area (Å²) in [6, 6.07) is 14.5. The van der Waals surface area contributed by atoms with Gasteiger partial charge in [0.2, 0.25) is 0 Å². The number of carbonyl (C=O) groups is 2. The Labute approximate surface area is 162 Å². The molecule has 1 amide bonds. The Morgan fingerprint density at radius 3 is 2.48 bits per heavy atom. The number of methoxy groups -OCH3 is 1. The minimum absolute atomic E-state index is 0.0770. The van der Waals surface area contributed by atoms with Crippen molar-refractivity contribution in [3.05, 3.63) is 87.9 Å². The summed E-state index contributed by atoms with van der Waals surface area (Å²) in [4.78, 5) is 31.8. The van der Waals surface area contributed by atoms with Crippen LogP contribution in [0.15, 0.2) is 66.3 Å². The molecule has 0 aliphatic rings. The van der Waals surface area contributed by atoms with Gasteiger partial charge in [0.25, 0.3) is 5.91 Å². The second kappa shape index (κ2) is 9.09. The predicted molar refractivity (Wildman–Crippen MR) is 105 cm³/mol. The third-order valence-corrected chi connectivity index (χ3v) is 5.08. The van der Waals surface area contributed by atoms with Gasteiger partial charge in [-0.05, 0) is 53.8 Å². The standard InChI is InChI=1S/C21H20N2O3S/c1-26-21(25)18-8-6-17(7-9-18)20(24)23(12-10-19-5-3-13-27-19)15-16-4-2-11-22-14-16/h2-9,11,13-14H,10,12,15H2,1H3. The number of amides is 1. The van der Waals surface area contributed by atoms with Crippen molar-refractivity contribution in [2.45, 2.75) is 13.0 Å². The van der Waals surface area contributed by atoms with Gasteiger partial charge in [-0.3, -0.25) is 9.78 Å². The Kier molecular flexibility index (Phi) is 6.33. The fourth-order valence-electron chi connectivity index (χ4n) is 2.71. The highest BCUT2D eigenvalue weighted by Gasteiger charge is 2.17. The lowest BCUT2D eigenvalue weighted by Gasteiger charge is -2.23. The highest BCUT2D eigenvalue weighted by atomic mass is 32.1. The lowest BCUT2D eigenvalue weighted by Crippen LogP contribution is -2.32. The molecule has 0 saturated carbocycles. The van der Waals surface area contributed by atoms with Gasteiger partial charge in [-0.15, -0.1) is 11.3 Å². The van der Waals surface area contributed by atoms with Crippen molar-refractivity contribution >= 4 is 23.2 Å². The zero-order valence-electron chi connectivity index (χ0n) is 15.0. The van der Waals surface area contributed by atoms with E-state index in [2.05, 4.69) is 11.1 Å². The predicted octanol–water partition coefficient (Wildman–Crippen LogP) is 3.81. The molecule has 0 N–H and O–H groups in total. The Bertz CT molecular complexity index is 878. The quantitative estimate of drug-likeness (QED) is 0.585. The molecule has 5 nitrogen and oxygen atoms in total. The third kappa shape index (κ3) is 5.01. The topological polar surface area (TPSA) is 59.5 Å². The normalized spacial score (nSPS) is 10.4. The molecule has 0 radical (unpaired) electrons. The molecule has 6 heteroatoms. The summed E-state index contributed by atoms with van der Waals surface area (Å²) in [7, 11) is 1.33. The highest BCUT2D eigenvalue weighted by Crippen LogP contribution is 2.15. The van der Waals surface area contributed by atoms with Gasteiger partial charge in [-0.1, -0.05) is 12.1 Å². The first kappa shape index (κ1) is 18.8. The van der Waals surface area contributed by atoms with Crippen LogP contribution in [-0.2, 0) is 17.7 Å². The number of hydrogen-bond donors (Lipinski definition) is 0. The van der Waals surface area contributed by atoms with Crippen LogP contribution in [0.1, 0.15) is 31.2 Å². The minimum Gasteiger partial charge on any atom is -0.465 e. The molecule has 1 aromatic carbocycles. The average molecular weight is 380 g/mol. The fraction of sp³-hybridized carbons (Fsp3) is 0.190. The van der Waals surface area contributed by atoms with Gasteiger partial charge in [-0.25, -0.2) is 4.79 Å². The van der Waals surface area contributed by atoms with E-state index in [1.807, 2.05) is 28.5 Å². The molecule has 2 aromatic heterocycles. The summed E-state index contributed by atoms with van der Waals surface area (Å²) in [5.41, 5.74) is 1.94. The third-order valence-electron chi connectivity index (χ3n) is 4.14. The number of rotatable bonds is 7. The largest absolute Gasteiger partial charge is 0.465 e. The SMILES string of the molecule is COC(=O)c1ccc(C(=O)N(CCc2cccs2)Cc2cccnc2)cc1. The summed E-state index contributed by atoms with van der Waals surface area (Å²) in [6.07, 6.45) is 4.28. The number of aromatic nitrogens is 1. The number of thiophene rings is 1. The molecule has 2 heterocycles. The Morgan fingerprint density at radius 2 is 1.85 bits per heavy atom. The number of benzene rings is 1. The molecule has 0 spiro atoms. The van der Waals surface area contributed by atoms with E-state index < -0.39 is 5.97 Å². The van der Waals surface area contributed by atoms with Crippen molar-refractivity contribution in [3.8, 4) is 0 Å². The first-order valence-electron chi connectivity index (χ1n) is 8.56. The van der Waals surface area contributed by atoms with Crippen LogP contribution in [0.2, 0.25) is 0 Å². The van der Waals surface area contributed by atoms with Crippen molar-refractivity contribution in [1.82, 2.24) is 9.88 Å². The van der Waals surface area contributed by atoms with E-state index >= 15 is 0 Å². The molecule has 0 unspecified atom stereocenters. The summed E-state index contributed by atoms with van der Waals surface area (Å²) in [5, 5.41) is 2.04. The molecule has 3 aromatic rings. The van der Waals surface area contributed by atoms with E-state index in [0.29, 0.717) is 24.2 Å². The lowest BCUT2D eigenvalue weighted by atomic mass is 10.1. The van der Waals surface area contributed by atoms with Gasteiger partial charge in [0, 0.05) is 35.9 Å². The van der Waals surface area contributed by atoms with Crippen LogP contribution in [0.4, 0.5) is 0 Å². The smallest absolute Gasteiger partial charge is 0.337 e. The van der Waals surface area contributed by atoms with Crippen molar-refractivity contribution in [3.63, 3.8) is 0 Å². The molecular formula is C21H20N2O3S. The number of ether oxygens (including phenoxy) is 1. The number of carbonyl (C=O) groups excluding carboxylic acids is 2. The van der Waals surface area contributed by atoms with E-state index in [-0.39, 0.29) is 5.91 Å². The monoisotopic (exact) mass is 380 g/mol. The van der Waals surface area contributed by atoms with E-state index in [1.54, 1.807) is 48.0 Å². The van der Waals surface area contributed by atoms with Crippen LogP contribution in [-0.4, -0.2) is 35.4 Å². The first-order valence-corrected chi connectivity index (χ1v) is 9.44. The molecule has 138 valence electrons. The maximum Gasteiger partial charge on any atom is 0.337 e. The molecule has 0 atom stereocenters. The maximum absolute atomic E-state index is 13.1. The van der Waals surface area contributed by atoms with Gasteiger partial charge in [0.15, 0.2) is 0 Å². The van der Waals surface area contributed by atoms with E-state index in [9.17, 15) is 9.59 Å². The number of esters is 1. The van der Waals surface area contributed by atoms with Crippen LogP contribution in [0, 0.1) is 0 Å². The van der Waals surface area contributed by atoms with Crippen LogP contribution in [0.25, 0.3) is 0 Å². The zero-order chi connectivity index (χ0) is 19.1. The maximum atomic E-state index is 13.1. The summed E-state index contributed by atoms with van der Waals surface area (Å²) < 4.78 is 4.70. The van der Waals surface area contributed by atoms with Crippen molar-refractivity contribution < 1.29 is 14.3 Å². The molecule has 0 aliphatic heterocycles. The van der Waals surface area contributed by atoms with E-state index in [4.69, 9.17) is 4.74 Å². The molecule has 0 saturated heterocycles. The second-order valence-corrected chi connectivity index (χ2v) is 7.02. The van der Waals surface area contributed by atoms with E-state index in [1.165, 1.54) is 12.0 Å². The first-order chi connectivity index (χ1) is 13.2. The second-order valence-electron chi connectivity index (χ2n) is 5.99. The summed E-state index contributed by atoms with van der Waals surface area (Å²) in [5.74, 6) is -0.495. The molecule has 0 fully saturated rings. The number of nitrogens with zero attached hydrogens (tertiary/aromatic N) is 2. The highest BCUT2D eigenvalue weighted by molar-refractivity contribution is 7.09. The minimum atomic E-state index is -0.418. The van der Waals surface area contributed by atoms with Crippen molar-refractivity contribution in [2.75, 3.05) is 13.7 Å². The molecule has 0 aliphatic carbocycles. The van der Waals surface area contributed by atoms with E-state index in [0.717, 1.165) is 12.0 Å². The molecule has 0 bridgehead atoms. The fourth-order valence-corrected chi connectivity index (χ4v) is 3.41. The van der Waals surface area contributed by atoms with Crippen LogP contribution in [0.5, 0.6) is 0 Å². The van der Waals surface area contributed by atoms with Crippen LogP contribution in [0.3, 0.4) is 0 Å². The van der Waals surface area contributed by atoms with Crippen LogP contribution >= 0.6 is 11.3 Å². The summed E-state index contributed by atoms with van der Waals surface area (Å²) in [6.45, 7) is 1.09. The van der Waals surface area contributed by atoms with Gasteiger partial charge in [0.05, 0.1) is 12.7 Å². The Hall–Kier alpha value is -2.99. The van der Waals surface area contributed by atoms with Gasteiger partial charge >= 0.3 is 5.97 Å². The molecular weight excluding hydrogens is 360 g/mol. The van der Waals surface area contributed by atoms with Crippen LogP contribution < -0.4 is 0 Å². The Balaban J connectivity index is 1.77. The zero-order valence-corrected chi connectivity index (χ0v) is 15.8. The van der Waals surface area contributed by atoms with Gasteiger partial charge in [-0.2, -0.15) is 0 Å².